The molecule has 0 aromatic carbocycles. The van der Waals surface area contributed by atoms with Crippen LogP contribution in [0.5, 0.6) is 0 Å². The summed E-state index contributed by atoms with van der Waals surface area (Å²) in [7, 11) is -1.06. The maximum absolute atomic E-state index is 11.6. The van der Waals surface area contributed by atoms with Gasteiger partial charge in [-0.05, 0) is 18.9 Å². The molecule has 0 spiro atoms. The maximum Gasteiger partial charge on any atom is 0.150 e. The summed E-state index contributed by atoms with van der Waals surface area (Å²) in [6.07, 6.45) is 2.28. The zero-order valence-electron chi connectivity index (χ0n) is 10.6. The summed E-state index contributed by atoms with van der Waals surface area (Å²) in [6.45, 7) is 2.77. The van der Waals surface area contributed by atoms with E-state index in [2.05, 4.69) is 10.4 Å². The second kappa shape index (κ2) is 5.19. The van der Waals surface area contributed by atoms with Gasteiger partial charge in [-0.15, -0.1) is 0 Å². The van der Waals surface area contributed by atoms with Crippen molar-refractivity contribution in [2.45, 2.75) is 19.4 Å². The Hall–Kier alpha value is -0.590. The van der Waals surface area contributed by atoms with Crippen molar-refractivity contribution < 1.29 is 8.42 Å². The van der Waals surface area contributed by atoms with Gasteiger partial charge in [0, 0.05) is 7.05 Å². The van der Waals surface area contributed by atoms with Crippen LogP contribution in [-0.4, -0.2) is 36.2 Å². The molecule has 2 unspecified atom stereocenters. The number of nitrogens with one attached hydrogen (secondary N) is 1. The largest absolute Gasteiger partial charge is 0.309 e. The molecule has 5 nitrogen and oxygen atoms in total. The molecule has 2 rings (SSSR count). The Kier molecular flexibility index (Phi) is 3.99. The first kappa shape index (κ1) is 13.8. The van der Waals surface area contributed by atoms with Crippen LogP contribution in [0, 0.1) is 5.92 Å². The first-order valence-electron chi connectivity index (χ1n) is 6.06. The molecule has 2 atom stereocenters. The first-order chi connectivity index (χ1) is 8.44. The summed E-state index contributed by atoms with van der Waals surface area (Å²) in [4.78, 5) is 0. The molecular formula is C11H18ClN3O2S. The van der Waals surface area contributed by atoms with Gasteiger partial charge in [0.25, 0.3) is 0 Å². The van der Waals surface area contributed by atoms with Crippen LogP contribution < -0.4 is 5.32 Å². The Morgan fingerprint density at radius 3 is 2.83 bits per heavy atom. The van der Waals surface area contributed by atoms with Gasteiger partial charge >= 0.3 is 0 Å². The lowest BCUT2D eigenvalue weighted by Crippen LogP contribution is -2.31. The average Bonchev–Trinajstić information content (AvgIpc) is 2.80. The molecule has 2 heterocycles. The Balaban J connectivity index is 2.30. The number of hydrogen-bond acceptors (Lipinski definition) is 4. The van der Waals surface area contributed by atoms with Gasteiger partial charge in [0.15, 0.2) is 9.84 Å². The SMILES string of the molecule is CCNC(c1c(Cl)cnn1C)C1CCS(=O)(=O)C1. The molecule has 1 aliphatic heterocycles. The van der Waals surface area contributed by atoms with E-state index in [-0.39, 0.29) is 23.5 Å². The maximum atomic E-state index is 11.6. The number of aromatic nitrogens is 2. The zero-order valence-corrected chi connectivity index (χ0v) is 12.1. The van der Waals surface area contributed by atoms with Crippen LogP contribution in [0.15, 0.2) is 6.20 Å². The van der Waals surface area contributed by atoms with Crippen LogP contribution in [0.25, 0.3) is 0 Å². The van der Waals surface area contributed by atoms with Crippen molar-refractivity contribution >= 4 is 21.4 Å². The highest BCUT2D eigenvalue weighted by atomic mass is 35.5. The number of halogens is 1. The average molecular weight is 292 g/mol. The first-order valence-corrected chi connectivity index (χ1v) is 8.25. The van der Waals surface area contributed by atoms with Crippen molar-refractivity contribution in [2.75, 3.05) is 18.1 Å². The molecule has 1 saturated heterocycles. The molecule has 102 valence electrons. The van der Waals surface area contributed by atoms with E-state index in [9.17, 15) is 8.42 Å². The molecular weight excluding hydrogens is 274 g/mol. The standard InChI is InChI=1S/C11H18ClN3O2S/c1-3-13-10(8-4-5-18(16,17)7-8)11-9(12)6-14-15(11)2/h6,8,10,13H,3-5,7H2,1-2H3. The minimum absolute atomic E-state index is 0.0488. The summed E-state index contributed by atoms with van der Waals surface area (Å²) in [5, 5.41) is 8.05. The fourth-order valence-corrected chi connectivity index (χ4v) is 4.69. The van der Waals surface area contributed by atoms with Crippen LogP contribution in [0.3, 0.4) is 0 Å². The summed E-state index contributed by atoms with van der Waals surface area (Å²) in [5.41, 5.74) is 0.876. The van der Waals surface area contributed by atoms with Gasteiger partial charge in [-0.1, -0.05) is 18.5 Å². The van der Waals surface area contributed by atoms with Gasteiger partial charge in [0.2, 0.25) is 0 Å². The number of sulfone groups is 1. The van der Waals surface area contributed by atoms with Gasteiger partial charge in [-0.25, -0.2) is 8.42 Å². The van der Waals surface area contributed by atoms with Crippen molar-refractivity contribution in [3.05, 3.63) is 16.9 Å². The van der Waals surface area contributed by atoms with Gasteiger partial charge < -0.3 is 5.32 Å². The minimum atomic E-state index is -2.89. The van der Waals surface area contributed by atoms with E-state index in [0.29, 0.717) is 11.4 Å². The monoisotopic (exact) mass is 291 g/mol. The lowest BCUT2D eigenvalue weighted by Gasteiger charge is -2.24. The van der Waals surface area contributed by atoms with E-state index in [1.54, 1.807) is 10.9 Å². The number of rotatable bonds is 4. The smallest absolute Gasteiger partial charge is 0.150 e. The van der Waals surface area contributed by atoms with Crippen LogP contribution >= 0.6 is 11.6 Å². The van der Waals surface area contributed by atoms with Gasteiger partial charge in [0.05, 0.1) is 34.5 Å². The lowest BCUT2D eigenvalue weighted by atomic mass is 9.96. The summed E-state index contributed by atoms with van der Waals surface area (Å²) in [6, 6.07) is -0.0488. The summed E-state index contributed by atoms with van der Waals surface area (Å²) < 4.78 is 24.9. The van der Waals surface area contributed by atoms with E-state index in [1.807, 2.05) is 14.0 Å². The summed E-state index contributed by atoms with van der Waals surface area (Å²) in [5.74, 6) is 0.573. The predicted molar refractivity (Wildman–Crippen MR) is 71.4 cm³/mol. The summed E-state index contributed by atoms with van der Waals surface area (Å²) >= 11 is 6.15. The van der Waals surface area contributed by atoms with Crippen LogP contribution in [0.4, 0.5) is 0 Å². The van der Waals surface area contributed by atoms with Crippen molar-refractivity contribution in [3.8, 4) is 0 Å². The van der Waals surface area contributed by atoms with E-state index >= 15 is 0 Å². The molecule has 18 heavy (non-hydrogen) atoms. The molecule has 7 heteroatoms. The number of nitrogens with zero attached hydrogens (tertiary/aromatic N) is 2. The van der Waals surface area contributed by atoms with Crippen molar-refractivity contribution in [2.24, 2.45) is 13.0 Å². The second-order valence-electron chi connectivity index (χ2n) is 4.70. The molecule has 0 bridgehead atoms. The van der Waals surface area contributed by atoms with E-state index in [4.69, 9.17) is 11.6 Å². The van der Waals surface area contributed by atoms with Crippen LogP contribution in [0.1, 0.15) is 25.1 Å². The van der Waals surface area contributed by atoms with Crippen molar-refractivity contribution in [1.82, 2.24) is 15.1 Å². The Morgan fingerprint density at radius 2 is 2.39 bits per heavy atom. The molecule has 1 aliphatic rings. The Labute approximate surface area is 112 Å². The normalized spacial score (nSPS) is 24.3. The third-order valence-electron chi connectivity index (χ3n) is 3.40. The molecule has 0 amide bonds. The van der Waals surface area contributed by atoms with Crippen LogP contribution in [0.2, 0.25) is 5.02 Å². The molecule has 1 N–H and O–H groups in total. The lowest BCUT2D eigenvalue weighted by molar-refractivity contribution is 0.380. The van der Waals surface area contributed by atoms with Gasteiger partial charge in [0.1, 0.15) is 0 Å². The van der Waals surface area contributed by atoms with Gasteiger partial charge in [-0.2, -0.15) is 5.10 Å². The highest BCUT2D eigenvalue weighted by molar-refractivity contribution is 7.91. The number of aryl methyl sites for hydroxylation is 1. The van der Waals surface area contributed by atoms with E-state index < -0.39 is 9.84 Å². The Morgan fingerprint density at radius 1 is 1.67 bits per heavy atom. The molecule has 0 radical (unpaired) electrons. The van der Waals surface area contributed by atoms with E-state index in [1.165, 1.54) is 0 Å². The molecule has 0 saturated carbocycles. The van der Waals surface area contributed by atoms with Crippen molar-refractivity contribution in [1.29, 1.82) is 0 Å². The minimum Gasteiger partial charge on any atom is -0.309 e. The molecule has 0 aliphatic carbocycles. The Bertz CT molecular complexity index is 507. The highest BCUT2D eigenvalue weighted by Gasteiger charge is 2.36. The fourth-order valence-electron chi connectivity index (χ4n) is 2.56. The molecule has 1 aromatic heterocycles. The third-order valence-corrected chi connectivity index (χ3v) is 5.48. The molecule has 1 aromatic rings. The fraction of sp³-hybridized carbons (Fsp3) is 0.727. The third kappa shape index (κ3) is 2.70. The molecule has 1 fully saturated rings. The zero-order chi connectivity index (χ0) is 13.3. The van der Waals surface area contributed by atoms with Gasteiger partial charge in [-0.3, -0.25) is 4.68 Å². The second-order valence-corrected chi connectivity index (χ2v) is 7.34. The quantitative estimate of drug-likeness (QED) is 0.904. The van der Waals surface area contributed by atoms with E-state index in [0.717, 1.165) is 12.2 Å². The predicted octanol–water partition coefficient (Wildman–Crippen LogP) is 1.16. The van der Waals surface area contributed by atoms with Crippen molar-refractivity contribution in [3.63, 3.8) is 0 Å². The topological polar surface area (TPSA) is 64.0 Å². The highest BCUT2D eigenvalue weighted by Crippen LogP contribution is 2.34. The number of hydrogen-bond donors (Lipinski definition) is 1. The van der Waals surface area contributed by atoms with Crippen LogP contribution in [-0.2, 0) is 16.9 Å².